The number of benzene rings is 2. The highest BCUT2D eigenvalue weighted by Gasteiger charge is 2.37. The van der Waals surface area contributed by atoms with Gasteiger partial charge in [0.2, 0.25) is 11.8 Å². The van der Waals surface area contributed by atoms with Gasteiger partial charge in [0.05, 0.1) is 17.7 Å². The van der Waals surface area contributed by atoms with Crippen molar-refractivity contribution in [2.45, 2.75) is 31.7 Å². The summed E-state index contributed by atoms with van der Waals surface area (Å²) >= 11 is 0. The number of ether oxygens (including phenoxy) is 1. The molecule has 8 nitrogen and oxygen atoms in total. The van der Waals surface area contributed by atoms with Crippen LogP contribution in [0.2, 0.25) is 0 Å². The average Bonchev–Trinajstić information content (AvgIpc) is 3.08. The Bertz CT molecular complexity index is 996. The van der Waals surface area contributed by atoms with Crippen LogP contribution in [-0.2, 0) is 9.59 Å². The molecule has 0 atom stereocenters. The third-order valence-electron chi connectivity index (χ3n) is 5.94. The molecule has 1 N–H and O–H groups in total. The van der Waals surface area contributed by atoms with Crippen molar-refractivity contribution in [3.8, 4) is 5.75 Å². The summed E-state index contributed by atoms with van der Waals surface area (Å²) in [7, 11) is 0. The second-order valence-electron chi connectivity index (χ2n) is 8.23. The summed E-state index contributed by atoms with van der Waals surface area (Å²) in [5.41, 5.74) is 0.678. The number of fused-ring (bicyclic) bond motifs is 1. The summed E-state index contributed by atoms with van der Waals surface area (Å²) < 4.78 is 5.60. The lowest BCUT2D eigenvalue weighted by molar-refractivity contribution is -0.132. The zero-order valence-corrected chi connectivity index (χ0v) is 18.4. The number of carbonyl (C=O) groups is 4. The van der Waals surface area contributed by atoms with E-state index in [1.165, 1.54) is 0 Å². The summed E-state index contributed by atoms with van der Waals surface area (Å²) in [6.45, 7) is 1.17. The van der Waals surface area contributed by atoms with E-state index in [2.05, 4.69) is 5.32 Å². The minimum Gasteiger partial charge on any atom is -0.494 e. The number of likely N-dealkylation sites (tertiary alicyclic amines) is 1. The van der Waals surface area contributed by atoms with Crippen LogP contribution in [0, 0.1) is 0 Å². The van der Waals surface area contributed by atoms with Gasteiger partial charge in [-0.1, -0.05) is 30.3 Å². The normalized spacial score (nSPS) is 16.0. The van der Waals surface area contributed by atoms with Gasteiger partial charge in [0, 0.05) is 25.6 Å². The highest BCUT2D eigenvalue weighted by atomic mass is 16.5. The van der Waals surface area contributed by atoms with Crippen LogP contribution >= 0.6 is 0 Å². The largest absolute Gasteiger partial charge is 0.494 e. The molecule has 0 radical (unpaired) electrons. The van der Waals surface area contributed by atoms with Crippen molar-refractivity contribution in [1.29, 1.82) is 0 Å². The van der Waals surface area contributed by atoms with Gasteiger partial charge in [-0.3, -0.25) is 24.1 Å². The molecule has 4 amide bonds. The number of nitrogens with zero attached hydrogens (tertiary/aromatic N) is 2. The Labute approximate surface area is 192 Å². The number of rotatable bonds is 8. The lowest BCUT2D eigenvalue weighted by Crippen LogP contribution is -2.49. The van der Waals surface area contributed by atoms with Gasteiger partial charge in [-0.05, 0) is 43.5 Å². The van der Waals surface area contributed by atoms with E-state index in [0.29, 0.717) is 56.5 Å². The van der Waals surface area contributed by atoms with Gasteiger partial charge in [0.1, 0.15) is 12.3 Å². The van der Waals surface area contributed by atoms with Crippen molar-refractivity contribution in [3.05, 3.63) is 65.7 Å². The summed E-state index contributed by atoms with van der Waals surface area (Å²) in [6.07, 6.45) is 2.28. The fraction of sp³-hybridized carbons (Fsp3) is 0.360. The average molecular weight is 450 g/mol. The van der Waals surface area contributed by atoms with Crippen molar-refractivity contribution in [2.24, 2.45) is 0 Å². The summed E-state index contributed by atoms with van der Waals surface area (Å²) in [5, 5.41) is 3.03. The van der Waals surface area contributed by atoms with Crippen LogP contribution in [0.4, 0.5) is 0 Å². The standard InChI is InChI=1S/C25H27N3O5/c29-22(11-6-16-33-19-7-2-1-3-8-19)26-18-12-14-27(15-13-18)23(30)17-28-24(31)20-9-4-5-10-21(20)25(28)32/h1-5,7-10,18H,6,11-17H2,(H,26,29). The Morgan fingerprint density at radius 3 is 2.15 bits per heavy atom. The first-order valence-electron chi connectivity index (χ1n) is 11.2. The van der Waals surface area contributed by atoms with Crippen LogP contribution < -0.4 is 10.1 Å². The number of piperidine rings is 1. The molecule has 172 valence electrons. The molecule has 2 aromatic carbocycles. The molecule has 1 fully saturated rings. The smallest absolute Gasteiger partial charge is 0.262 e. The third-order valence-corrected chi connectivity index (χ3v) is 5.94. The van der Waals surface area contributed by atoms with Gasteiger partial charge >= 0.3 is 0 Å². The lowest BCUT2D eigenvalue weighted by Gasteiger charge is -2.33. The second-order valence-corrected chi connectivity index (χ2v) is 8.23. The van der Waals surface area contributed by atoms with Crippen molar-refractivity contribution in [1.82, 2.24) is 15.1 Å². The zero-order chi connectivity index (χ0) is 23.2. The van der Waals surface area contributed by atoms with Crippen LogP contribution in [0.15, 0.2) is 54.6 Å². The first-order chi connectivity index (χ1) is 16.0. The number of nitrogens with one attached hydrogen (secondary N) is 1. The molecule has 2 aromatic rings. The maximum atomic E-state index is 12.7. The van der Waals surface area contributed by atoms with Crippen LogP contribution in [0.1, 0.15) is 46.4 Å². The van der Waals surface area contributed by atoms with E-state index >= 15 is 0 Å². The molecular formula is C25H27N3O5. The van der Waals surface area contributed by atoms with Crippen LogP contribution in [0.3, 0.4) is 0 Å². The van der Waals surface area contributed by atoms with Gasteiger partial charge < -0.3 is 15.0 Å². The van der Waals surface area contributed by atoms with Crippen molar-refractivity contribution in [3.63, 3.8) is 0 Å². The van der Waals surface area contributed by atoms with Gasteiger partial charge in [0.15, 0.2) is 0 Å². The highest BCUT2D eigenvalue weighted by Crippen LogP contribution is 2.22. The predicted octanol–water partition coefficient (Wildman–Crippen LogP) is 2.25. The molecule has 2 heterocycles. The molecule has 1 saturated heterocycles. The fourth-order valence-electron chi connectivity index (χ4n) is 4.13. The predicted molar refractivity (Wildman–Crippen MR) is 121 cm³/mol. The molecule has 4 rings (SSSR count). The first kappa shape index (κ1) is 22.5. The molecule has 0 saturated carbocycles. The quantitative estimate of drug-likeness (QED) is 0.493. The number of hydrogen-bond donors (Lipinski definition) is 1. The first-order valence-corrected chi connectivity index (χ1v) is 11.2. The Balaban J connectivity index is 1.16. The molecule has 2 aliphatic rings. The zero-order valence-electron chi connectivity index (χ0n) is 18.4. The number of para-hydroxylation sites is 1. The fourth-order valence-corrected chi connectivity index (χ4v) is 4.13. The van der Waals surface area contributed by atoms with Crippen molar-refractivity contribution in [2.75, 3.05) is 26.2 Å². The van der Waals surface area contributed by atoms with E-state index in [1.54, 1.807) is 29.2 Å². The molecule has 33 heavy (non-hydrogen) atoms. The van der Waals surface area contributed by atoms with E-state index in [1.807, 2.05) is 30.3 Å². The minimum absolute atomic E-state index is 0.0101. The minimum atomic E-state index is -0.428. The number of amides is 4. The maximum Gasteiger partial charge on any atom is 0.262 e. The summed E-state index contributed by atoms with van der Waals surface area (Å²) in [4.78, 5) is 52.5. The van der Waals surface area contributed by atoms with E-state index in [0.717, 1.165) is 10.6 Å². The van der Waals surface area contributed by atoms with Crippen molar-refractivity contribution >= 4 is 23.6 Å². The van der Waals surface area contributed by atoms with Gasteiger partial charge in [-0.25, -0.2) is 0 Å². The van der Waals surface area contributed by atoms with Gasteiger partial charge in [-0.2, -0.15) is 0 Å². The van der Waals surface area contributed by atoms with Crippen molar-refractivity contribution < 1.29 is 23.9 Å². The molecule has 0 bridgehead atoms. The molecule has 0 aliphatic carbocycles. The summed E-state index contributed by atoms with van der Waals surface area (Å²) in [6, 6.07) is 16.1. The van der Waals surface area contributed by atoms with E-state index in [-0.39, 0.29) is 24.4 Å². The number of imide groups is 1. The molecule has 0 aromatic heterocycles. The van der Waals surface area contributed by atoms with Gasteiger partial charge in [-0.15, -0.1) is 0 Å². The molecule has 8 heteroatoms. The Kier molecular flexibility index (Phi) is 7.02. The maximum absolute atomic E-state index is 12.7. The van der Waals surface area contributed by atoms with Crippen LogP contribution in [0.5, 0.6) is 5.75 Å². The topological polar surface area (TPSA) is 96.0 Å². The van der Waals surface area contributed by atoms with Gasteiger partial charge in [0.25, 0.3) is 11.8 Å². The highest BCUT2D eigenvalue weighted by molar-refractivity contribution is 6.22. The van der Waals surface area contributed by atoms with E-state index in [9.17, 15) is 19.2 Å². The Morgan fingerprint density at radius 1 is 0.909 bits per heavy atom. The Morgan fingerprint density at radius 2 is 1.52 bits per heavy atom. The SMILES string of the molecule is O=C(CCCOc1ccccc1)NC1CCN(C(=O)CN2C(=O)c3ccccc3C2=O)CC1. The molecule has 0 spiro atoms. The third kappa shape index (κ3) is 5.39. The molecular weight excluding hydrogens is 422 g/mol. The van der Waals surface area contributed by atoms with E-state index in [4.69, 9.17) is 4.74 Å². The number of carbonyl (C=O) groups excluding carboxylic acids is 4. The van der Waals surface area contributed by atoms with Crippen LogP contribution in [0.25, 0.3) is 0 Å². The Hall–Kier alpha value is -3.68. The lowest BCUT2D eigenvalue weighted by atomic mass is 10.0. The number of hydrogen-bond acceptors (Lipinski definition) is 5. The van der Waals surface area contributed by atoms with E-state index < -0.39 is 11.8 Å². The molecule has 0 unspecified atom stereocenters. The van der Waals surface area contributed by atoms with Crippen LogP contribution in [-0.4, -0.2) is 65.7 Å². The molecule has 2 aliphatic heterocycles. The monoisotopic (exact) mass is 449 g/mol. The summed E-state index contributed by atoms with van der Waals surface area (Å²) in [5.74, 6) is -0.351. The second kappa shape index (κ2) is 10.3.